The third kappa shape index (κ3) is 4.43. The monoisotopic (exact) mass is 376 g/mol. The largest absolute Gasteiger partial charge is 0.497 e. The number of likely N-dealkylation sites (tertiary alicyclic amines) is 1. The van der Waals surface area contributed by atoms with E-state index >= 15 is 0 Å². The minimum atomic E-state index is 0.279. The van der Waals surface area contributed by atoms with Gasteiger partial charge in [-0.05, 0) is 43.1 Å². The molecule has 1 saturated heterocycles. The molecule has 3 aromatic rings. The zero-order chi connectivity index (χ0) is 19.2. The maximum absolute atomic E-state index is 5.26. The Bertz CT molecular complexity index is 887. The Kier molecular flexibility index (Phi) is 5.72. The van der Waals surface area contributed by atoms with Gasteiger partial charge in [-0.3, -0.25) is 9.88 Å². The number of anilines is 2. The van der Waals surface area contributed by atoms with Gasteiger partial charge in [-0.2, -0.15) is 0 Å². The Balaban J connectivity index is 1.51. The first kappa shape index (κ1) is 18.3. The Hall–Kier alpha value is -3.06. The molecule has 7 heteroatoms. The van der Waals surface area contributed by atoms with Crippen LogP contribution in [0.2, 0.25) is 0 Å². The summed E-state index contributed by atoms with van der Waals surface area (Å²) in [6.45, 7) is 1.96. The van der Waals surface area contributed by atoms with Gasteiger partial charge >= 0.3 is 0 Å². The standard InChI is InChI=1S/C21H24N6O/c1-28-17-7-5-16(6-8-17)15-27-13-3-2-4-19(27)18-9-10-24-21(25-18)26-20-14-22-11-12-23-20/h5-12,14,19H,2-4,13,15H2,1H3,(H,23,24,25,26)/t19-/m0/s1. The van der Waals surface area contributed by atoms with E-state index < -0.39 is 0 Å². The molecule has 4 rings (SSSR count). The van der Waals surface area contributed by atoms with E-state index in [9.17, 15) is 0 Å². The van der Waals surface area contributed by atoms with Crippen LogP contribution in [0.4, 0.5) is 11.8 Å². The van der Waals surface area contributed by atoms with Gasteiger partial charge in [0.15, 0.2) is 5.82 Å². The lowest BCUT2D eigenvalue weighted by atomic mass is 9.98. The molecule has 0 amide bonds. The van der Waals surface area contributed by atoms with Crippen molar-refractivity contribution in [2.45, 2.75) is 31.8 Å². The molecule has 0 bridgehead atoms. The Morgan fingerprint density at radius 3 is 2.75 bits per heavy atom. The second-order valence-electron chi connectivity index (χ2n) is 6.85. The normalized spacial score (nSPS) is 17.2. The lowest BCUT2D eigenvalue weighted by Crippen LogP contribution is -2.33. The summed E-state index contributed by atoms with van der Waals surface area (Å²) < 4.78 is 5.26. The first-order chi connectivity index (χ1) is 13.8. The van der Waals surface area contributed by atoms with Crippen molar-refractivity contribution >= 4 is 11.8 Å². The van der Waals surface area contributed by atoms with E-state index in [0.717, 1.165) is 31.0 Å². The third-order valence-corrected chi connectivity index (χ3v) is 4.98. The molecular weight excluding hydrogens is 352 g/mol. The number of nitrogens with zero attached hydrogens (tertiary/aromatic N) is 5. The smallest absolute Gasteiger partial charge is 0.228 e. The van der Waals surface area contributed by atoms with Crippen molar-refractivity contribution < 1.29 is 4.74 Å². The Morgan fingerprint density at radius 1 is 1.07 bits per heavy atom. The number of hydrogen-bond donors (Lipinski definition) is 1. The van der Waals surface area contributed by atoms with Crippen molar-refractivity contribution in [1.82, 2.24) is 24.8 Å². The average Bonchev–Trinajstić information content (AvgIpc) is 2.76. The SMILES string of the molecule is COc1ccc(CN2CCCC[C@H]2c2ccnc(Nc3cnccn3)n2)cc1. The van der Waals surface area contributed by atoms with Crippen molar-refractivity contribution in [3.05, 3.63) is 66.4 Å². The fourth-order valence-electron chi connectivity index (χ4n) is 3.58. The highest BCUT2D eigenvalue weighted by Gasteiger charge is 2.25. The van der Waals surface area contributed by atoms with E-state index in [1.54, 1.807) is 31.9 Å². The van der Waals surface area contributed by atoms with Gasteiger partial charge in [-0.15, -0.1) is 0 Å². The lowest BCUT2D eigenvalue weighted by molar-refractivity contribution is 0.137. The molecule has 0 aliphatic carbocycles. The highest BCUT2D eigenvalue weighted by molar-refractivity contribution is 5.45. The number of benzene rings is 1. The van der Waals surface area contributed by atoms with Crippen LogP contribution in [0.5, 0.6) is 5.75 Å². The van der Waals surface area contributed by atoms with Crippen LogP contribution in [0.25, 0.3) is 0 Å². The summed E-state index contributed by atoms with van der Waals surface area (Å²) in [7, 11) is 1.69. The maximum atomic E-state index is 5.26. The predicted octanol–water partition coefficient (Wildman–Crippen LogP) is 3.75. The fraction of sp³-hybridized carbons (Fsp3) is 0.333. The number of aromatic nitrogens is 4. The molecule has 144 valence electrons. The van der Waals surface area contributed by atoms with Gasteiger partial charge in [0.05, 0.1) is 25.0 Å². The van der Waals surface area contributed by atoms with Crippen molar-refractivity contribution in [3.63, 3.8) is 0 Å². The van der Waals surface area contributed by atoms with Gasteiger partial charge in [0.2, 0.25) is 5.95 Å². The molecule has 1 atom stereocenters. The highest BCUT2D eigenvalue weighted by atomic mass is 16.5. The summed E-state index contributed by atoms with van der Waals surface area (Å²) in [5.41, 5.74) is 2.31. The van der Waals surface area contributed by atoms with Crippen LogP contribution in [0.1, 0.15) is 36.6 Å². The third-order valence-electron chi connectivity index (χ3n) is 4.98. The van der Waals surface area contributed by atoms with Crippen LogP contribution in [-0.2, 0) is 6.54 Å². The molecule has 1 N–H and O–H groups in total. The summed E-state index contributed by atoms with van der Waals surface area (Å²) in [5, 5.41) is 3.13. The van der Waals surface area contributed by atoms with Crippen molar-refractivity contribution in [2.24, 2.45) is 0 Å². The van der Waals surface area contributed by atoms with E-state index in [2.05, 4.69) is 37.3 Å². The van der Waals surface area contributed by atoms with Gasteiger partial charge in [0.1, 0.15) is 5.75 Å². The first-order valence-electron chi connectivity index (χ1n) is 9.55. The molecule has 3 heterocycles. The summed E-state index contributed by atoms with van der Waals surface area (Å²) >= 11 is 0. The zero-order valence-electron chi connectivity index (χ0n) is 16.0. The molecule has 0 saturated carbocycles. The zero-order valence-corrected chi connectivity index (χ0v) is 16.0. The van der Waals surface area contributed by atoms with E-state index in [-0.39, 0.29) is 6.04 Å². The van der Waals surface area contributed by atoms with E-state index in [1.165, 1.54) is 18.4 Å². The van der Waals surface area contributed by atoms with Crippen LogP contribution in [-0.4, -0.2) is 38.5 Å². The van der Waals surface area contributed by atoms with Crippen LogP contribution in [0.15, 0.2) is 55.1 Å². The molecule has 1 aromatic carbocycles. The average molecular weight is 376 g/mol. The second-order valence-corrected chi connectivity index (χ2v) is 6.85. The quantitative estimate of drug-likeness (QED) is 0.702. The van der Waals surface area contributed by atoms with Crippen LogP contribution in [0.3, 0.4) is 0 Å². The number of piperidine rings is 1. The van der Waals surface area contributed by atoms with Crippen molar-refractivity contribution in [2.75, 3.05) is 19.0 Å². The minimum absolute atomic E-state index is 0.279. The number of rotatable bonds is 6. The molecule has 0 radical (unpaired) electrons. The molecule has 2 aromatic heterocycles. The second kappa shape index (κ2) is 8.75. The van der Waals surface area contributed by atoms with Crippen molar-refractivity contribution in [1.29, 1.82) is 0 Å². The molecule has 7 nitrogen and oxygen atoms in total. The van der Waals surface area contributed by atoms with Crippen LogP contribution in [0, 0.1) is 0 Å². The summed E-state index contributed by atoms with van der Waals surface area (Å²) in [5.74, 6) is 2.07. The van der Waals surface area contributed by atoms with Crippen LogP contribution < -0.4 is 10.1 Å². The van der Waals surface area contributed by atoms with Gasteiger partial charge in [0, 0.05) is 25.1 Å². The van der Waals surface area contributed by atoms with E-state index in [0.29, 0.717) is 11.8 Å². The Labute approximate surface area is 164 Å². The number of ether oxygens (including phenoxy) is 1. The topological polar surface area (TPSA) is 76.1 Å². The van der Waals surface area contributed by atoms with Gasteiger partial charge < -0.3 is 10.1 Å². The maximum Gasteiger partial charge on any atom is 0.228 e. The lowest BCUT2D eigenvalue weighted by Gasteiger charge is -2.35. The Morgan fingerprint density at radius 2 is 1.96 bits per heavy atom. The molecule has 28 heavy (non-hydrogen) atoms. The number of methoxy groups -OCH3 is 1. The van der Waals surface area contributed by atoms with Gasteiger partial charge in [-0.1, -0.05) is 18.6 Å². The van der Waals surface area contributed by atoms with E-state index in [1.807, 2.05) is 18.2 Å². The summed E-state index contributed by atoms with van der Waals surface area (Å²) in [6.07, 6.45) is 10.3. The number of hydrogen-bond acceptors (Lipinski definition) is 7. The fourth-order valence-corrected chi connectivity index (χ4v) is 3.58. The minimum Gasteiger partial charge on any atom is -0.497 e. The van der Waals surface area contributed by atoms with Crippen LogP contribution >= 0.6 is 0 Å². The molecule has 1 fully saturated rings. The van der Waals surface area contributed by atoms with Gasteiger partial charge in [-0.25, -0.2) is 15.0 Å². The highest BCUT2D eigenvalue weighted by Crippen LogP contribution is 2.31. The number of nitrogens with one attached hydrogen (secondary N) is 1. The molecule has 1 aliphatic rings. The molecule has 0 unspecified atom stereocenters. The van der Waals surface area contributed by atoms with E-state index in [4.69, 9.17) is 9.72 Å². The predicted molar refractivity (Wildman–Crippen MR) is 107 cm³/mol. The summed E-state index contributed by atoms with van der Waals surface area (Å²) in [6, 6.07) is 10.6. The molecular formula is C21H24N6O. The van der Waals surface area contributed by atoms with Gasteiger partial charge in [0.25, 0.3) is 0 Å². The van der Waals surface area contributed by atoms with Crippen molar-refractivity contribution in [3.8, 4) is 5.75 Å². The molecule has 1 aliphatic heterocycles. The molecule has 0 spiro atoms. The first-order valence-corrected chi connectivity index (χ1v) is 9.55. The summed E-state index contributed by atoms with van der Waals surface area (Å²) in [4.78, 5) is 19.9.